The van der Waals surface area contributed by atoms with E-state index in [-0.39, 0.29) is 5.97 Å². The summed E-state index contributed by atoms with van der Waals surface area (Å²) >= 11 is 5.95. The molecule has 0 spiro atoms. The van der Waals surface area contributed by atoms with Crippen LogP contribution in [0.1, 0.15) is 29.6 Å². The number of anilines is 1. The second-order valence-corrected chi connectivity index (χ2v) is 5.18. The van der Waals surface area contributed by atoms with Crippen molar-refractivity contribution in [3.63, 3.8) is 0 Å². The highest BCUT2D eigenvalue weighted by Crippen LogP contribution is 2.20. The summed E-state index contributed by atoms with van der Waals surface area (Å²) in [5.41, 5.74) is 6.49. The molecular formula is C14H19ClN2O2. The van der Waals surface area contributed by atoms with Crippen LogP contribution in [0.3, 0.4) is 0 Å². The molecule has 0 aliphatic carbocycles. The summed E-state index contributed by atoms with van der Waals surface area (Å²) in [6, 6.07) is 4.80. The van der Waals surface area contributed by atoms with Crippen LogP contribution in [0.2, 0.25) is 5.02 Å². The van der Waals surface area contributed by atoms with Crippen LogP contribution in [0.15, 0.2) is 18.2 Å². The topological polar surface area (TPSA) is 55.6 Å². The van der Waals surface area contributed by atoms with E-state index in [4.69, 9.17) is 22.1 Å². The quantitative estimate of drug-likeness (QED) is 0.512. The lowest BCUT2D eigenvalue weighted by Gasteiger charge is -2.14. The summed E-state index contributed by atoms with van der Waals surface area (Å²) in [5.74, 6) is -0.383. The summed E-state index contributed by atoms with van der Waals surface area (Å²) in [7, 11) is 0. The minimum absolute atomic E-state index is 0.338. The van der Waals surface area contributed by atoms with E-state index in [1.165, 1.54) is 12.8 Å². The summed E-state index contributed by atoms with van der Waals surface area (Å²) in [6.07, 6.45) is 3.42. The first-order valence-corrected chi connectivity index (χ1v) is 6.99. The number of hydrogen-bond donors (Lipinski definition) is 1. The van der Waals surface area contributed by atoms with Crippen molar-refractivity contribution in [2.45, 2.75) is 19.3 Å². The first-order chi connectivity index (χ1) is 9.16. The molecule has 0 bridgehead atoms. The van der Waals surface area contributed by atoms with Crippen LogP contribution in [0.25, 0.3) is 0 Å². The van der Waals surface area contributed by atoms with Crippen LogP contribution in [0.4, 0.5) is 5.69 Å². The molecule has 0 atom stereocenters. The van der Waals surface area contributed by atoms with Crippen molar-refractivity contribution in [2.75, 3.05) is 32.0 Å². The SMILES string of the molecule is Nc1ccc(C(=O)OCCCN2CCCC2)c(Cl)c1. The van der Waals surface area contributed by atoms with E-state index in [9.17, 15) is 4.79 Å². The van der Waals surface area contributed by atoms with E-state index in [2.05, 4.69) is 4.90 Å². The van der Waals surface area contributed by atoms with Gasteiger partial charge in [0.1, 0.15) is 0 Å². The minimum atomic E-state index is -0.383. The molecule has 1 aliphatic heterocycles. The van der Waals surface area contributed by atoms with Crippen LogP contribution in [-0.4, -0.2) is 37.1 Å². The maximum atomic E-state index is 11.8. The number of hydrogen-bond acceptors (Lipinski definition) is 4. The highest BCUT2D eigenvalue weighted by molar-refractivity contribution is 6.33. The number of carbonyl (C=O) groups excluding carboxylic acids is 1. The molecule has 1 heterocycles. The standard InChI is InChI=1S/C14H19ClN2O2/c15-13-10-11(16)4-5-12(13)14(18)19-9-3-8-17-6-1-2-7-17/h4-5,10H,1-3,6-9,16H2. The van der Waals surface area contributed by atoms with Crippen molar-refractivity contribution < 1.29 is 9.53 Å². The van der Waals surface area contributed by atoms with Gasteiger partial charge in [-0.1, -0.05) is 11.6 Å². The van der Waals surface area contributed by atoms with Crippen LogP contribution in [0, 0.1) is 0 Å². The first-order valence-electron chi connectivity index (χ1n) is 6.61. The van der Waals surface area contributed by atoms with Gasteiger partial charge in [0.15, 0.2) is 0 Å². The van der Waals surface area contributed by atoms with E-state index in [1.54, 1.807) is 18.2 Å². The van der Waals surface area contributed by atoms with Crippen LogP contribution in [0.5, 0.6) is 0 Å². The van der Waals surface area contributed by atoms with Gasteiger partial charge in [-0.3, -0.25) is 0 Å². The molecule has 0 saturated carbocycles. The average Bonchev–Trinajstić information content (AvgIpc) is 2.87. The van der Waals surface area contributed by atoms with E-state index in [0.717, 1.165) is 26.1 Å². The van der Waals surface area contributed by atoms with E-state index in [1.807, 2.05) is 0 Å². The molecule has 2 N–H and O–H groups in total. The van der Waals surface area contributed by atoms with Gasteiger partial charge in [0.25, 0.3) is 0 Å². The monoisotopic (exact) mass is 282 g/mol. The number of nitrogens with two attached hydrogens (primary N) is 1. The molecule has 0 unspecified atom stereocenters. The number of halogens is 1. The van der Waals surface area contributed by atoms with E-state index in [0.29, 0.717) is 22.9 Å². The molecule has 0 amide bonds. The Morgan fingerprint density at radius 2 is 2.11 bits per heavy atom. The number of likely N-dealkylation sites (tertiary alicyclic amines) is 1. The molecule has 0 radical (unpaired) electrons. The fourth-order valence-electron chi connectivity index (χ4n) is 2.23. The Morgan fingerprint density at radius 1 is 1.37 bits per heavy atom. The molecular weight excluding hydrogens is 264 g/mol. The highest BCUT2D eigenvalue weighted by Gasteiger charge is 2.13. The molecule has 1 saturated heterocycles. The molecule has 2 rings (SSSR count). The highest BCUT2D eigenvalue weighted by atomic mass is 35.5. The number of carbonyl (C=O) groups is 1. The van der Waals surface area contributed by atoms with Crippen molar-refractivity contribution in [3.05, 3.63) is 28.8 Å². The fraction of sp³-hybridized carbons (Fsp3) is 0.500. The summed E-state index contributed by atoms with van der Waals surface area (Å²) in [5, 5.41) is 0.338. The van der Waals surface area contributed by atoms with Crippen molar-refractivity contribution in [2.24, 2.45) is 0 Å². The zero-order valence-corrected chi connectivity index (χ0v) is 11.7. The van der Waals surface area contributed by atoms with Crippen molar-refractivity contribution in [1.29, 1.82) is 0 Å². The minimum Gasteiger partial charge on any atom is -0.462 e. The molecule has 5 heteroatoms. The normalized spacial score (nSPS) is 15.6. The second-order valence-electron chi connectivity index (χ2n) is 4.78. The third-order valence-electron chi connectivity index (χ3n) is 3.26. The number of rotatable bonds is 5. The zero-order chi connectivity index (χ0) is 13.7. The lowest BCUT2D eigenvalue weighted by molar-refractivity contribution is 0.0491. The third kappa shape index (κ3) is 4.11. The predicted octanol–water partition coefficient (Wildman–Crippen LogP) is 2.56. The van der Waals surface area contributed by atoms with Crippen molar-refractivity contribution >= 4 is 23.3 Å². The Balaban J connectivity index is 1.74. The van der Waals surface area contributed by atoms with Gasteiger partial charge < -0.3 is 15.4 Å². The van der Waals surface area contributed by atoms with Gasteiger partial charge in [0.05, 0.1) is 17.2 Å². The van der Waals surface area contributed by atoms with Crippen molar-refractivity contribution in [3.8, 4) is 0 Å². The smallest absolute Gasteiger partial charge is 0.339 e. The molecule has 1 aliphatic rings. The first kappa shape index (κ1) is 14.2. The number of nitrogens with zero attached hydrogens (tertiary/aromatic N) is 1. The lowest BCUT2D eigenvalue weighted by Crippen LogP contribution is -2.22. The third-order valence-corrected chi connectivity index (χ3v) is 3.58. The van der Waals surface area contributed by atoms with Crippen LogP contribution >= 0.6 is 11.6 Å². The Morgan fingerprint density at radius 3 is 2.79 bits per heavy atom. The molecule has 19 heavy (non-hydrogen) atoms. The summed E-state index contributed by atoms with van der Waals surface area (Å²) < 4.78 is 5.22. The number of esters is 1. The van der Waals surface area contributed by atoms with Crippen LogP contribution < -0.4 is 5.73 Å². The lowest BCUT2D eigenvalue weighted by atomic mass is 10.2. The Labute approximate surface area is 118 Å². The molecule has 1 aromatic carbocycles. The number of benzene rings is 1. The molecule has 1 fully saturated rings. The van der Waals surface area contributed by atoms with Gasteiger partial charge in [-0.2, -0.15) is 0 Å². The van der Waals surface area contributed by atoms with Gasteiger partial charge in [-0.25, -0.2) is 4.79 Å². The fourth-order valence-corrected chi connectivity index (χ4v) is 2.50. The largest absolute Gasteiger partial charge is 0.462 e. The summed E-state index contributed by atoms with van der Waals surface area (Å²) in [6.45, 7) is 3.74. The molecule has 0 aromatic heterocycles. The van der Waals surface area contributed by atoms with Gasteiger partial charge in [-0.05, 0) is 50.6 Å². The second kappa shape index (κ2) is 6.78. The number of nitrogen functional groups attached to an aromatic ring is 1. The van der Waals surface area contributed by atoms with Crippen molar-refractivity contribution in [1.82, 2.24) is 4.90 Å². The average molecular weight is 283 g/mol. The molecule has 104 valence electrons. The maximum absolute atomic E-state index is 11.8. The van der Waals surface area contributed by atoms with Gasteiger partial charge >= 0.3 is 5.97 Å². The number of ether oxygens (including phenoxy) is 1. The van der Waals surface area contributed by atoms with Gasteiger partial charge in [0, 0.05) is 12.2 Å². The zero-order valence-electron chi connectivity index (χ0n) is 10.9. The Bertz CT molecular complexity index is 445. The van der Waals surface area contributed by atoms with Crippen LogP contribution in [-0.2, 0) is 4.74 Å². The Hall–Kier alpha value is -1.26. The molecule has 1 aromatic rings. The Kier molecular flexibility index (Phi) is 5.05. The summed E-state index contributed by atoms with van der Waals surface area (Å²) in [4.78, 5) is 14.2. The predicted molar refractivity (Wildman–Crippen MR) is 76.4 cm³/mol. The van der Waals surface area contributed by atoms with Gasteiger partial charge in [-0.15, -0.1) is 0 Å². The van der Waals surface area contributed by atoms with Gasteiger partial charge in [0.2, 0.25) is 0 Å². The van der Waals surface area contributed by atoms with E-state index < -0.39 is 0 Å². The molecule has 4 nitrogen and oxygen atoms in total. The van der Waals surface area contributed by atoms with E-state index >= 15 is 0 Å². The maximum Gasteiger partial charge on any atom is 0.339 e.